The second-order valence-corrected chi connectivity index (χ2v) is 8.76. The molecule has 0 spiro atoms. The van der Waals surface area contributed by atoms with Gasteiger partial charge in [0.2, 0.25) is 11.8 Å². The number of amides is 1. The molecule has 160 valence electrons. The van der Waals surface area contributed by atoms with E-state index in [1.165, 1.54) is 17.3 Å². The summed E-state index contributed by atoms with van der Waals surface area (Å²) in [7, 11) is 0. The summed E-state index contributed by atoms with van der Waals surface area (Å²) in [4.78, 5) is 14.8. The lowest BCUT2D eigenvalue weighted by Gasteiger charge is -2.24. The molecule has 0 aliphatic carbocycles. The largest absolute Gasteiger partial charge is 0.416 e. The van der Waals surface area contributed by atoms with Crippen molar-refractivity contribution in [2.75, 3.05) is 11.4 Å². The van der Waals surface area contributed by atoms with Crippen LogP contribution in [0.2, 0.25) is 0 Å². The maximum absolute atomic E-state index is 13.1. The first kappa shape index (κ1) is 22.6. The van der Waals surface area contributed by atoms with Gasteiger partial charge in [0.25, 0.3) is 5.22 Å². The van der Waals surface area contributed by atoms with Gasteiger partial charge < -0.3 is 9.32 Å². The molecule has 31 heavy (non-hydrogen) atoms. The summed E-state index contributed by atoms with van der Waals surface area (Å²) in [5.41, 5.74) is 3.10. The van der Waals surface area contributed by atoms with Crippen molar-refractivity contribution in [2.24, 2.45) is 0 Å². The van der Waals surface area contributed by atoms with E-state index in [-0.39, 0.29) is 18.2 Å². The third kappa shape index (κ3) is 6.19. The van der Waals surface area contributed by atoms with E-state index in [2.05, 4.69) is 35.3 Å². The number of nitrogens with zero attached hydrogens (tertiary/aromatic N) is 4. The topological polar surface area (TPSA) is 83.0 Å². The van der Waals surface area contributed by atoms with Crippen LogP contribution in [0.25, 0.3) is 0 Å². The van der Waals surface area contributed by atoms with Gasteiger partial charge in [0, 0.05) is 18.7 Å². The summed E-state index contributed by atoms with van der Waals surface area (Å²) in [5.74, 6) is 0.710. The second-order valence-electron chi connectivity index (χ2n) is 7.47. The van der Waals surface area contributed by atoms with Crippen LogP contribution in [-0.2, 0) is 11.2 Å². The average Bonchev–Trinajstić information content (AvgIpc) is 3.22. The molecule has 0 aliphatic rings. The van der Waals surface area contributed by atoms with Gasteiger partial charge in [0.15, 0.2) is 0 Å². The number of carbonyl (C=O) groups is 1. The normalized spacial score (nSPS) is 12.7. The molecular formula is C24H26N4O2S. The molecule has 0 aliphatic heterocycles. The van der Waals surface area contributed by atoms with Crippen molar-refractivity contribution < 1.29 is 9.21 Å². The molecule has 2 aromatic carbocycles. The SMILES string of the molecule is Cc1ccc(N(CCC#N)C(=O)C(C)Sc2nnc(CC(C)c3ccccc3)o2)cc1. The highest BCUT2D eigenvalue weighted by molar-refractivity contribution is 8.00. The van der Waals surface area contributed by atoms with Gasteiger partial charge in [-0.1, -0.05) is 66.7 Å². The minimum atomic E-state index is -0.431. The summed E-state index contributed by atoms with van der Waals surface area (Å²) in [5, 5.41) is 17.2. The zero-order valence-corrected chi connectivity index (χ0v) is 18.8. The molecule has 2 unspecified atom stereocenters. The van der Waals surface area contributed by atoms with E-state index < -0.39 is 5.25 Å². The molecule has 1 aromatic heterocycles. The van der Waals surface area contributed by atoms with Gasteiger partial charge in [-0.2, -0.15) is 5.26 Å². The number of aryl methyl sites for hydroxylation is 1. The molecule has 0 saturated carbocycles. The van der Waals surface area contributed by atoms with E-state index in [0.717, 1.165) is 11.3 Å². The number of rotatable bonds is 9. The quantitative estimate of drug-likeness (QED) is 0.433. The van der Waals surface area contributed by atoms with Crippen molar-refractivity contribution in [1.82, 2.24) is 10.2 Å². The van der Waals surface area contributed by atoms with E-state index in [1.807, 2.05) is 56.3 Å². The van der Waals surface area contributed by atoms with E-state index in [9.17, 15) is 4.79 Å². The van der Waals surface area contributed by atoms with Crippen molar-refractivity contribution in [2.45, 2.75) is 50.0 Å². The zero-order chi connectivity index (χ0) is 22.2. The van der Waals surface area contributed by atoms with Crippen LogP contribution >= 0.6 is 11.8 Å². The van der Waals surface area contributed by atoms with Crippen LogP contribution in [0.5, 0.6) is 0 Å². The lowest BCUT2D eigenvalue weighted by atomic mass is 9.98. The molecule has 3 rings (SSSR count). The highest BCUT2D eigenvalue weighted by Gasteiger charge is 2.25. The van der Waals surface area contributed by atoms with Crippen molar-refractivity contribution in [3.8, 4) is 6.07 Å². The van der Waals surface area contributed by atoms with Gasteiger partial charge in [-0.3, -0.25) is 4.79 Å². The fraction of sp³-hybridized carbons (Fsp3) is 0.333. The fourth-order valence-corrected chi connectivity index (χ4v) is 3.97. The lowest BCUT2D eigenvalue weighted by Crippen LogP contribution is -2.37. The summed E-state index contributed by atoms with van der Waals surface area (Å²) in [6, 6.07) is 20.0. The van der Waals surface area contributed by atoms with Gasteiger partial charge in [-0.15, -0.1) is 10.2 Å². The minimum Gasteiger partial charge on any atom is -0.416 e. The van der Waals surface area contributed by atoms with Gasteiger partial charge in [-0.25, -0.2) is 0 Å². The first-order valence-electron chi connectivity index (χ1n) is 10.3. The molecule has 1 amide bonds. The molecule has 0 fully saturated rings. The third-order valence-corrected chi connectivity index (χ3v) is 5.90. The molecule has 0 saturated heterocycles. The maximum atomic E-state index is 13.1. The van der Waals surface area contributed by atoms with Gasteiger partial charge in [0.05, 0.1) is 17.7 Å². The van der Waals surface area contributed by atoms with Crippen LogP contribution in [0.4, 0.5) is 5.69 Å². The van der Waals surface area contributed by atoms with Crippen LogP contribution < -0.4 is 4.90 Å². The Hall–Kier alpha value is -3.11. The highest BCUT2D eigenvalue weighted by atomic mass is 32.2. The average molecular weight is 435 g/mol. The van der Waals surface area contributed by atoms with Crippen LogP contribution in [0.1, 0.15) is 43.2 Å². The smallest absolute Gasteiger partial charge is 0.277 e. The Morgan fingerprint density at radius 1 is 1.13 bits per heavy atom. The van der Waals surface area contributed by atoms with Crippen LogP contribution in [0.15, 0.2) is 64.2 Å². The Morgan fingerprint density at radius 2 is 1.84 bits per heavy atom. The van der Waals surface area contributed by atoms with E-state index in [0.29, 0.717) is 24.1 Å². The second kappa shape index (κ2) is 10.8. The number of hydrogen-bond acceptors (Lipinski definition) is 6. The monoisotopic (exact) mass is 434 g/mol. The van der Waals surface area contributed by atoms with Crippen molar-refractivity contribution in [3.05, 3.63) is 71.6 Å². The molecule has 1 heterocycles. The number of thioether (sulfide) groups is 1. The maximum Gasteiger partial charge on any atom is 0.277 e. The van der Waals surface area contributed by atoms with Crippen molar-refractivity contribution >= 4 is 23.4 Å². The fourth-order valence-electron chi connectivity index (χ4n) is 3.20. The van der Waals surface area contributed by atoms with Gasteiger partial charge in [0.1, 0.15) is 0 Å². The summed E-state index contributed by atoms with van der Waals surface area (Å²) < 4.78 is 5.80. The molecular weight excluding hydrogens is 408 g/mol. The lowest BCUT2D eigenvalue weighted by molar-refractivity contribution is -0.117. The summed E-state index contributed by atoms with van der Waals surface area (Å²) in [6.07, 6.45) is 0.899. The van der Waals surface area contributed by atoms with Crippen LogP contribution in [-0.4, -0.2) is 27.9 Å². The van der Waals surface area contributed by atoms with Crippen molar-refractivity contribution in [1.29, 1.82) is 5.26 Å². The standard InChI is InChI=1S/C24H26N4O2S/c1-17-10-12-21(13-11-17)28(15-7-14-25)23(29)19(3)31-24-27-26-22(30-24)16-18(2)20-8-5-4-6-9-20/h4-6,8-13,18-19H,7,15-16H2,1-3H3. The van der Waals surface area contributed by atoms with E-state index >= 15 is 0 Å². The Kier molecular flexibility index (Phi) is 7.85. The number of benzene rings is 2. The molecule has 2 atom stereocenters. The summed E-state index contributed by atoms with van der Waals surface area (Å²) >= 11 is 1.24. The van der Waals surface area contributed by atoms with E-state index in [4.69, 9.17) is 9.68 Å². The minimum absolute atomic E-state index is 0.0958. The Labute approximate surface area is 187 Å². The predicted octanol–water partition coefficient (Wildman–Crippen LogP) is 5.15. The highest BCUT2D eigenvalue weighted by Crippen LogP contribution is 2.27. The predicted molar refractivity (Wildman–Crippen MR) is 122 cm³/mol. The summed E-state index contributed by atoms with van der Waals surface area (Å²) in [6.45, 7) is 6.27. The van der Waals surface area contributed by atoms with Crippen LogP contribution in [0.3, 0.4) is 0 Å². The zero-order valence-electron chi connectivity index (χ0n) is 18.0. The number of anilines is 1. The number of carbonyl (C=O) groups excluding carboxylic acids is 1. The Morgan fingerprint density at radius 3 is 2.52 bits per heavy atom. The van der Waals surface area contributed by atoms with Crippen molar-refractivity contribution in [3.63, 3.8) is 0 Å². The molecule has 0 N–H and O–H groups in total. The number of aromatic nitrogens is 2. The molecule has 0 radical (unpaired) electrons. The van der Waals surface area contributed by atoms with Gasteiger partial charge in [-0.05, 0) is 37.5 Å². The first-order chi connectivity index (χ1) is 15.0. The molecule has 0 bridgehead atoms. The Balaban J connectivity index is 1.65. The van der Waals surface area contributed by atoms with Crippen LogP contribution in [0, 0.1) is 18.3 Å². The molecule has 3 aromatic rings. The Bertz CT molecular complexity index is 1030. The third-order valence-electron chi connectivity index (χ3n) is 4.98. The first-order valence-corrected chi connectivity index (χ1v) is 11.1. The van der Waals surface area contributed by atoms with Gasteiger partial charge >= 0.3 is 0 Å². The molecule has 6 nitrogen and oxygen atoms in total. The number of hydrogen-bond donors (Lipinski definition) is 0. The van der Waals surface area contributed by atoms with E-state index in [1.54, 1.807) is 4.90 Å². The molecule has 7 heteroatoms. The number of nitriles is 1.